The summed E-state index contributed by atoms with van der Waals surface area (Å²) in [6, 6.07) is 0. The Kier molecular flexibility index (Phi) is 7.99. The van der Waals surface area contributed by atoms with Crippen molar-refractivity contribution in [2.45, 2.75) is 105 Å². The summed E-state index contributed by atoms with van der Waals surface area (Å²) in [7, 11) is 0. The van der Waals surface area contributed by atoms with Crippen LogP contribution in [-0.2, 0) is 0 Å². The zero-order chi connectivity index (χ0) is 21.8. The molecule has 30 heavy (non-hydrogen) atoms. The Bertz CT molecular complexity index is 752. The van der Waals surface area contributed by atoms with E-state index in [1.165, 1.54) is 68.1 Å². The van der Waals surface area contributed by atoms with Crippen molar-refractivity contribution in [3.05, 3.63) is 57.4 Å². The Morgan fingerprint density at radius 3 is 1.83 bits per heavy atom. The molecule has 0 atom stereocenters. The summed E-state index contributed by atoms with van der Waals surface area (Å²) in [6.07, 6.45) is 16.4. The molecule has 0 unspecified atom stereocenters. The van der Waals surface area contributed by atoms with E-state index in [1.54, 1.807) is 28.3 Å². The van der Waals surface area contributed by atoms with Crippen LogP contribution in [0.25, 0.3) is 0 Å². The summed E-state index contributed by atoms with van der Waals surface area (Å²) in [5.74, 6) is 2.97. The average molecular weight is 411 g/mol. The van der Waals surface area contributed by atoms with Crippen LogP contribution in [0, 0.1) is 52.4 Å². The van der Waals surface area contributed by atoms with Gasteiger partial charge in [0.15, 0.2) is 0 Å². The first kappa shape index (κ1) is 23.3. The summed E-state index contributed by atoms with van der Waals surface area (Å²) < 4.78 is 12.2. The molecule has 0 saturated heterocycles. The predicted octanol–water partition coefficient (Wildman–Crippen LogP) is 9.13. The van der Waals surface area contributed by atoms with E-state index in [-0.39, 0.29) is 0 Å². The second-order valence-electron chi connectivity index (χ2n) is 10.4. The van der Waals surface area contributed by atoms with E-state index in [0.717, 1.165) is 24.2 Å². The first-order chi connectivity index (χ1) is 14.3. The molecule has 0 aliphatic heterocycles. The van der Waals surface area contributed by atoms with Gasteiger partial charge in [-0.15, -0.1) is 0 Å². The van der Waals surface area contributed by atoms with Gasteiger partial charge >= 0.3 is 0 Å². The SMILES string of the molecule is CC(=CC1CCC(C/C=C/F)CC1)C1CCC(c2c(C)c(C)c(C)c(C)c2C)CC1. The van der Waals surface area contributed by atoms with Crippen molar-refractivity contribution in [2.24, 2.45) is 17.8 Å². The largest absolute Gasteiger partial charge is 0.216 e. The topological polar surface area (TPSA) is 0 Å². The molecule has 3 rings (SSSR count). The van der Waals surface area contributed by atoms with Crippen LogP contribution in [0.5, 0.6) is 0 Å². The fourth-order valence-electron chi connectivity index (χ4n) is 6.32. The third kappa shape index (κ3) is 5.09. The second kappa shape index (κ2) is 10.3. The van der Waals surface area contributed by atoms with Gasteiger partial charge in [0, 0.05) is 0 Å². The molecule has 2 aliphatic rings. The minimum absolute atomic E-state index is 0.699. The normalized spacial score (nSPS) is 28.3. The number of halogens is 1. The van der Waals surface area contributed by atoms with Crippen LogP contribution < -0.4 is 0 Å². The number of benzene rings is 1. The Hall–Kier alpha value is -1.37. The number of allylic oxidation sites excluding steroid dienone is 3. The molecule has 1 aromatic rings. The van der Waals surface area contributed by atoms with Crippen molar-refractivity contribution >= 4 is 0 Å². The van der Waals surface area contributed by atoms with Crippen molar-refractivity contribution < 1.29 is 4.39 Å². The van der Waals surface area contributed by atoms with Crippen LogP contribution in [0.2, 0.25) is 0 Å². The van der Waals surface area contributed by atoms with E-state index >= 15 is 0 Å². The smallest absolute Gasteiger partial charge is 0.0827 e. The van der Waals surface area contributed by atoms with Crippen LogP contribution >= 0.6 is 0 Å². The van der Waals surface area contributed by atoms with Gasteiger partial charge in [-0.1, -0.05) is 17.7 Å². The zero-order valence-corrected chi connectivity index (χ0v) is 20.3. The Morgan fingerprint density at radius 1 is 0.767 bits per heavy atom. The van der Waals surface area contributed by atoms with E-state index in [2.05, 4.69) is 47.6 Å². The van der Waals surface area contributed by atoms with Gasteiger partial charge in [0.05, 0.1) is 6.33 Å². The third-order valence-corrected chi connectivity index (χ3v) is 8.79. The Labute approximate surface area is 185 Å². The molecule has 0 heterocycles. The fraction of sp³-hybridized carbons (Fsp3) is 0.655. The van der Waals surface area contributed by atoms with Gasteiger partial charge < -0.3 is 0 Å². The summed E-state index contributed by atoms with van der Waals surface area (Å²) in [5, 5.41) is 0. The van der Waals surface area contributed by atoms with E-state index < -0.39 is 0 Å². The average Bonchev–Trinajstić information content (AvgIpc) is 2.76. The molecular weight excluding hydrogens is 367 g/mol. The van der Waals surface area contributed by atoms with Crippen molar-refractivity contribution in [3.63, 3.8) is 0 Å². The second-order valence-corrected chi connectivity index (χ2v) is 10.4. The molecule has 1 heteroatoms. The lowest BCUT2D eigenvalue weighted by Crippen LogP contribution is -2.18. The predicted molar refractivity (Wildman–Crippen MR) is 129 cm³/mol. The van der Waals surface area contributed by atoms with Crippen molar-refractivity contribution in [1.29, 1.82) is 0 Å². The minimum atomic E-state index is 0.699. The molecule has 2 saturated carbocycles. The number of hydrogen-bond donors (Lipinski definition) is 0. The van der Waals surface area contributed by atoms with Gasteiger partial charge in [0.2, 0.25) is 0 Å². The molecule has 166 valence electrons. The van der Waals surface area contributed by atoms with E-state index in [1.807, 2.05) is 0 Å². The van der Waals surface area contributed by atoms with Crippen LogP contribution in [0.4, 0.5) is 4.39 Å². The maximum atomic E-state index is 12.2. The summed E-state index contributed by atoms with van der Waals surface area (Å²) in [4.78, 5) is 0. The van der Waals surface area contributed by atoms with E-state index in [0.29, 0.717) is 12.2 Å². The maximum Gasteiger partial charge on any atom is 0.0827 e. The molecule has 0 spiro atoms. The highest BCUT2D eigenvalue weighted by atomic mass is 19.1. The van der Waals surface area contributed by atoms with Gasteiger partial charge in [0.1, 0.15) is 0 Å². The molecule has 0 radical (unpaired) electrons. The molecule has 0 aromatic heterocycles. The molecule has 2 fully saturated rings. The molecule has 1 aromatic carbocycles. The van der Waals surface area contributed by atoms with Gasteiger partial charge in [-0.2, -0.15) is 0 Å². The lowest BCUT2D eigenvalue weighted by Gasteiger charge is -2.33. The third-order valence-electron chi connectivity index (χ3n) is 8.79. The molecule has 2 aliphatic carbocycles. The van der Waals surface area contributed by atoms with E-state index in [4.69, 9.17) is 0 Å². The first-order valence-corrected chi connectivity index (χ1v) is 12.3. The molecule has 0 nitrogen and oxygen atoms in total. The summed E-state index contributed by atoms with van der Waals surface area (Å²) in [5.41, 5.74) is 10.9. The van der Waals surface area contributed by atoms with Crippen molar-refractivity contribution in [1.82, 2.24) is 0 Å². The first-order valence-electron chi connectivity index (χ1n) is 12.3. The summed E-state index contributed by atoms with van der Waals surface area (Å²) >= 11 is 0. The van der Waals surface area contributed by atoms with Crippen LogP contribution in [-0.4, -0.2) is 0 Å². The lowest BCUT2D eigenvalue weighted by atomic mass is 9.72. The zero-order valence-electron chi connectivity index (χ0n) is 20.3. The highest BCUT2D eigenvalue weighted by Gasteiger charge is 2.27. The Morgan fingerprint density at radius 2 is 1.30 bits per heavy atom. The van der Waals surface area contributed by atoms with Crippen LogP contribution in [0.15, 0.2) is 24.1 Å². The quantitative estimate of drug-likeness (QED) is 0.424. The maximum absolute atomic E-state index is 12.2. The molecule has 0 bridgehead atoms. The number of rotatable bonds is 5. The van der Waals surface area contributed by atoms with E-state index in [9.17, 15) is 4.39 Å². The minimum Gasteiger partial charge on any atom is -0.216 e. The van der Waals surface area contributed by atoms with Crippen LogP contribution in [0.1, 0.15) is 104 Å². The Balaban J connectivity index is 1.59. The monoisotopic (exact) mass is 410 g/mol. The molecular formula is C29H43F. The highest BCUT2D eigenvalue weighted by molar-refractivity contribution is 5.51. The van der Waals surface area contributed by atoms with Gasteiger partial charge in [-0.05, 0) is 156 Å². The van der Waals surface area contributed by atoms with Gasteiger partial charge in [-0.25, -0.2) is 4.39 Å². The van der Waals surface area contributed by atoms with Crippen LogP contribution in [0.3, 0.4) is 0 Å². The molecule has 0 amide bonds. The van der Waals surface area contributed by atoms with Gasteiger partial charge in [0.25, 0.3) is 0 Å². The molecule has 0 N–H and O–H groups in total. The van der Waals surface area contributed by atoms with Gasteiger partial charge in [-0.3, -0.25) is 0 Å². The highest BCUT2D eigenvalue weighted by Crippen LogP contribution is 2.43. The van der Waals surface area contributed by atoms with Crippen molar-refractivity contribution in [2.75, 3.05) is 0 Å². The van der Waals surface area contributed by atoms with Crippen molar-refractivity contribution in [3.8, 4) is 0 Å². The fourth-order valence-corrected chi connectivity index (χ4v) is 6.32. The number of hydrogen-bond acceptors (Lipinski definition) is 0. The summed E-state index contributed by atoms with van der Waals surface area (Å²) in [6.45, 7) is 14.0. The standard InChI is InChI=1S/C29H43F/c1-19(18-26-11-9-25(10-12-26)8-7-17-30)27-13-15-28(16-14-27)29-23(5)21(3)20(2)22(4)24(29)6/h7,17-18,25-28H,8-16H2,1-6H3/b17-7+,19-18?. The lowest BCUT2D eigenvalue weighted by molar-refractivity contribution is 0.307.